The highest BCUT2D eigenvalue weighted by Crippen LogP contribution is 2.14. The van der Waals surface area contributed by atoms with Gasteiger partial charge >= 0.3 is 0 Å². The number of aryl methyl sites for hydroxylation is 1. The molecule has 0 saturated heterocycles. The van der Waals surface area contributed by atoms with E-state index in [1.807, 2.05) is 6.92 Å². The van der Waals surface area contributed by atoms with Crippen LogP contribution in [0.2, 0.25) is 0 Å². The van der Waals surface area contributed by atoms with Crippen LogP contribution in [0, 0.1) is 6.92 Å². The highest BCUT2D eigenvalue weighted by Gasteiger charge is 2.07. The molecule has 2 heteroatoms. The Labute approximate surface area is 91.9 Å². The molecule has 1 rings (SSSR count). The van der Waals surface area contributed by atoms with E-state index in [1.54, 1.807) is 0 Å². The number of carbonyl (C=O) groups excluding carboxylic acids is 1. The Balaban J connectivity index is 2.74. The zero-order valence-corrected chi connectivity index (χ0v) is 9.79. The van der Waals surface area contributed by atoms with E-state index in [2.05, 4.69) is 43.0 Å². The first-order valence-electron chi connectivity index (χ1n) is 5.50. The number of ketones is 1. The van der Waals surface area contributed by atoms with E-state index >= 15 is 0 Å². The van der Waals surface area contributed by atoms with Gasteiger partial charge in [0, 0.05) is 18.7 Å². The van der Waals surface area contributed by atoms with Crippen molar-refractivity contribution < 1.29 is 4.79 Å². The highest BCUT2D eigenvalue weighted by atomic mass is 16.1. The van der Waals surface area contributed by atoms with Crippen LogP contribution in [0.5, 0.6) is 0 Å². The molecule has 0 radical (unpaired) electrons. The largest absolute Gasteiger partial charge is 0.364 e. The molecule has 0 spiro atoms. The molecule has 15 heavy (non-hydrogen) atoms. The summed E-state index contributed by atoms with van der Waals surface area (Å²) in [6, 6.07) is 8.30. The van der Waals surface area contributed by atoms with Crippen molar-refractivity contribution in [1.82, 2.24) is 0 Å². The van der Waals surface area contributed by atoms with Gasteiger partial charge in [-0.1, -0.05) is 24.6 Å². The molecule has 0 bridgehead atoms. The van der Waals surface area contributed by atoms with Gasteiger partial charge in [0.15, 0.2) is 5.78 Å². The normalized spacial score (nSPS) is 10.1. The maximum atomic E-state index is 11.4. The van der Waals surface area contributed by atoms with Gasteiger partial charge in [0.05, 0.1) is 6.54 Å². The maximum Gasteiger partial charge on any atom is 0.151 e. The molecule has 0 heterocycles. The van der Waals surface area contributed by atoms with Gasteiger partial charge in [-0.3, -0.25) is 4.79 Å². The second kappa shape index (κ2) is 5.54. The summed E-state index contributed by atoms with van der Waals surface area (Å²) in [5.74, 6) is 0.289. The SMILES string of the molecule is CCC(=O)CN(CC)c1ccc(C)cc1. The lowest BCUT2D eigenvalue weighted by molar-refractivity contribution is -0.117. The van der Waals surface area contributed by atoms with Gasteiger partial charge in [-0.25, -0.2) is 0 Å². The fraction of sp³-hybridized carbons (Fsp3) is 0.462. The molecule has 0 N–H and O–H groups in total. The minimum Gasteiger partial charge on any atom is -0.364 e. The topological polar surface area (TPSA) is 20.3 Å². The van der Waals surface area contributed by atoms with Crippen molar-refractivity contribution in [3.05, 3.63) is 29.8 Å². The molecule has 0 fully saturated rings. The Morgan fingerprint density at radius 3 is 2.27 bits per heavy atom. The van der Waals surface area contributed by atoms with Crippen LogP contribution in [0.15, 0.2) is 24.3 Å². The number of Topliss-reactive ketones (excluding diaryl/α,β-unsaturated/α-hetero) is 1. The first kappa shape index (κ1) is 11.8. The van der Waals surface area contributed by atoms with Crippen LogP contribution in [0.4, 0.5) is 5.69 Å². The van der Waals surface area contributed by atoms with Crippen LogP contribution in [0.25, 0.3) is 0 Å². The van der Waals surface area contributed by atoms with E-state index in [4.69, 9.17) is 0 Å². The van der Waals surface area contributed by atoms with E-state index < -0.39 is 0 Å². The zero-order valence-electron chi connectivity index (χ0n) is 9.79. The summed E-state index contributed by atoms with van der Waals surface area (Å²) in [7, 11) is 0. The first-order valence-corrected chi connectivity index (χ1v) is 5.50. The van der Waals surface area contributed by atoms with E-state index in [1.165, 1.54) is 5.56 Å². The quantitative estimate of drug-likeness (QED) is 0.736. The van der Waals surface area contributed by atoms with Crippen molar-refractivity contribution in [1.29, 1.82) is 0 Å². The maximum absolute atomic E-state index is 11.4. The van der Waals surface area contributed by atoms with Gasteiger partial charge < -0.3 is 4.90 Å². The monoisotopic (exact) mass is 205 g/mol. The van der Waals surface area contributed by atoms with Crippen molar-refractivity contribution in [3.63, 3.8) is 0 Å². The summed E-state index contributed by atoms with van der Waals surface area (Å²) < 4.78 is 0. The van der Waals surface area contributed by atoms with Crippen LogP contribution >= 0.6 is 0 Å². The third-order valence-electron chi connectivity index (χ3n) is 2.54. The average molecular weight is 205 g/mol. The summed E-state index contributed by atoms with van der Waals surface area (Å²) in [4.78, 5) is 13.5. The minimum atomic E-state index is 0.289. The summed E-state index contributed by atoms with van der Waals surface area (Å²) >= 11 is 0. The van der Waals surface area contributed by atoms with Gasteiger partial charge in [-0.05, 0) is 26.0 Å². The van der Waals surface area contributed by atoms with Crippen molar-refractivity contribution in [3.8, 4) is 0 Å². The number of benzene rings is 1. The molecule has 0 aromatic heterocycles. The molecule has 82 valence electrons. The van der Waals surface area contributed by atoms with Gasteiger partial charge in [0.2, 0.25) is 0 Å². The molecule has 0 saturated carbocycles. The Bertz CT molecular complexity index is 316. The van der Waals surface area contributed by atoms with Crippen molar-refractivity contribution >= 4 is 11.5 Å². The average Bonchev–Trinajstić information content (AvgIpc) is 2.27. The number of rotatable bonds is 5. The Morgan fingerprint density at radius 1 is 1.20 bits per heavy atom. The summed E-state index contributed by atoms with van der Waals surface area (Å²) in [5, 5.41) is 0. The lowest BCUT2D eigenvalue weighted by atomic mass is 10.2. The third kappa shape index (κ3) is 3.39. The fourth-order valence-corrected chi connectivity index (χ4v) is 1.47. The number of carbonyl (C=O) groups is 1. The lowest BCUT2D eigenvalue weighted by Crippen LogP contribution is -2.29. The van der Waals surface area contributed by atoms with Gasteiger partial charge in [-0.15, -0.1) is 0 Å². The van der Waals surface area contributed by atoms with Gasteiger partial charge in [0.25, 0.3) is 0 Å². The molecule has 0 unspecified atom stereocenters. The summed E-state index contributed by atoms with van der Waals surface area (Å²) in [6.07, 6.45) is 0.613. The zero-order chi connectivity index (χ0) is 11.3. The van der Waals surface area contributed by atoms with Gasteiger partial charge in [0.1, 0.15) is 0 Å². The van der Waals surface area contributed by atoms with Gasteiger partial charge in [-0.2, -0.15) is 0 Å². The molecule has 0 amide bonds. The third-order valence-corrected chi connectivity index (χ3v) is 2.54. The van der Waals surface area contributed by atoms with Crippen molar-refractivity contribution in [2.24, 2.45) is 0 Å². The van der Waals surface area contributed by atoms with E-state index in [0.29, 0.717) is 13.0 Å². The highest BCUT2D eigenvalue weighted by molar-refractivity contribution is 5.83. The van der Waals surface area contributed by atoms with E-state index in [9.17, 15) is 4.79 Å². The fourth-order valence-electron chi connectivity index (χ4n) is 1.47. The predicted molar refractivity (Wildman–Crippen MR) is 64.4 cm³/mol. The molecular weight excluding hydrogens is 186 g/mol. The molecule has 0 aliphatic heterocycles. The molecule has 0 aliphatic rings. The number of likely N-dealkylation sites (N-methyl/N-ethyl adjacent to an activating group) is 1. The van der Waals surface area contributed by atoms with Crippen LogP contribution in [0.3, 0.4) is 0 Å². The Hall–Kier alpha value is -1.31. The minimum absolute atomic E-state index is 0.289. The standard InChI is InChI=1S/C13H19NO/c1-4-13(15)10-14(5-2)12-8-6-11(3)7-9-12/h6-9H,4-5,10H2,1-3H3. The molecular formula is C13H19NO. The Morgan fingerprint density at radius 2 is 1.80 bits per heavy atom. The lowest BCUT2D eigenvalue weighted by Gasteiger charge is -2.22. The number of nitrogens with zero attached hydrogens (tertiary/aromatic N) is 1. The van der Waals surface area contributed by atoms with Crippen LogP contribution in [-0.4, -0.2) is 18.9 Å². The number of hydrogen-bond donors (Lipinski definition) is 0. The van der Waals surface area contributed by atoms with Crippen molar-refractivity contribution in [2.75, 3.05) is 18.0 Å². The second-order valence-corrected chi connectivity index (χ2v) is 3.74. The van der Waals surface area contributed by atoms with E-state index in [-0.39, 0.29) is 5.78 Å². The van der Waals surface area contributed by atoms with Crippen molar-refractivity contribution in [2.45, 2.75) is 27.2 Å². The summed E-state index contributed by atoms with van der Waals surface area (Å²) in [6.45, 7) is 7.44. The molecule has 0 atom stereocenters. The molecule has 0 aliphatic carbocycles. The van der Waals surface area contributed by atoms with E-state index in [0.717, 1.165) is 12.2 Å². The summed E-state index contributed by atoms with van der Waals surface area (Å²) in [5.41, 5.74) is 2.38. The smallest absolute Gasteiger partial charge is 0.151 e. The van der Waals surface area contributed by atoms with Crippen LogP contribution in [-0.2, 0) is 4.79 Å². The Kier molecular flexibility index (Phi) is 4.35. The number of anilines is 1. The second-order valence-electron chi connectivity index (χ2n) is 3.74. The number of hydrogen-bond acceptors (Lipinski definition) is 2. The molecule has 2 nitrogen and oxygen atoms in total. The molecule has 1 aromatic rings. The first-order chi connectivity index (χ1) is 7.17. The van der Waals surface area contributed by atoms with Crippen LogP contribution < -0.4 is 4.90 Å². The molecule has 1 aromatic carbocycles. The predicted octanol–water partition coefficient (Wildman–Crippen LogP) is 2.80. The van der Waals surface area contributed by atoms with Crippen LogP contribution in [0.1, 0.15) is 25.8 Å².